The van der Waals surface area contributed by atoms with Crippen LogP contribution in [0.1, 0.15) is 5.56 Å². The van der Waals surface area contributed by atoms with Crippen LogP contribution < -0.4 is 0 Å². The summed E-state index contributed by atoms with van der Waals surface area (Å²) in [7, 11) is 0. The molecular formula is C8H5BrFNO. The summed E-state index contributed by atoms with van der Waals surface area (Å²) in [6, 6.07) is 4.50. The fourth-order valence-electron chi connectivity index (χ4n) is 0.839. The number of halogens is 2. The molecule has 0 spiro atoms. The van der Waals surface area contributed by atoms with E-state index < -0.39 is 11.6 Å². The van der Waals surface area contributed by atoms with Gasteiger partial charge in [0.15, 0.2) is 11.6 Å². The highest BCUT2D eigenvalue weighted by Crippen LogP contribution is 2.25. The molecule has 0 aliphatic heterocycles. The quantitative estimate of drug-likeness (QED) is 0.804. The van der Waals surface area contributed by atoms with Gasteiger partial charge in [0, 0.05) is 10.0 Å². The second-order valence-electron chi connectivity index (χ2n) is 2.23. The van der Waals surface area contributed by atoms with Gasteiger partial charge < -0.3 is 5.11 Å². The molecule has 0 heterocycles. The standard InChI is InChI=1S/C8H5BrFNO/c9-6-3-5(1-2-11)8(12)7(10)4-6/h3-4,12H,1H2. The lowest BCUT2D eigenvalue weighted by Gasteiger charge is -2.01. The Hall–Kier alpha value is -1.08. The average Bonchev–Trinajstić information content (AvgIpc) is 2.00. The molecule has 2 nitrogen and oxygen atoms in total. The number of aromatic hydroxyl groups is 1. The fraction of sp³-hybridized carbons (Fsp3) is 0.125. The molecule has 1 rings (SSSR count). The predicted octanol–water partition coefficient (Wildman–Crippen LogP) is 2.36. The second-order valence-corrected chi connectivity index (χ2v) is 3.15. The molecule has 1 aromatic rings. The van der Waals surface area contributed by atoms with Crippen molar-refractivity contribution in [3.05, 3.63) is 28.0 Å². The molecule has 0 amide bonds. The molecule has 1 aromatic carbocycles. The first kappa shape index (κ1) is 9.01. The van der Waals surface area contributed by atoms with Gasteiger partial charge in [-0.05, 0) is 12.1 Å². The van der Waals surface area contributed by atoms with Crippen molar-refractivity contribution in [1.29, 1.82) is 5.26 Å². The van der Waals surface area contributed by atoms with E-state index in [0.717, 1.165) is 6.07 Å². The number of phenols is 1. The number of benzene rings is 1. The van der Waals surface area contributed by atoms with E-state index in [1.807, 2.05) is 6.07 Å². The number of rotatable bonds is 1. The maximum atomic E-state index is 12.8. The molecule has 0 unspecified atom stereocenters. The van der Waals surface area contributed by atoms with Crippen LogP contribution in [0.2, 0.25) is 0 Å². The van der Waals surface area contributed by atoms with Crippen LogP contribution in [0.15, 0.2) is 16.6 Å². The highest BCUT2D eigenvalue weighted by Gasteiger charge is 2.07. The van der Waals surface area contributed by atoms with E-state index in [-0.39, 0.29) is 6.42 Å². The van der Waals surface area contributed by atoms with Crippen molar-refractivity contribution in [3.63, 3.8) is 0 Å². The predicted molar refractivity (Wildman–Crippen MR) is 45.1 cm³/mol. The molecule has 0 saturated heterocycles. The molecule has 0 atom stereocenters. The van der Waals surface area contributed by atoms with Gasteiger partial charge in [0.25, 0.3) is 0 Å². The Bertz CT molecular complexity index is 346. The van der Waals surface area contributed by atoms with Gasteiger partial charge >= 0.3 is 0 Å². The highest BCUT2D eigenvalue weighted by atomic mass is 79.9. The summed E-state index contributed by atoms with van der Waals surface area (Å²) >= 11 is 3.06. The summed E-state index contributed by atoms with van der Waals surface area (Å²) in [6.07, 6.45) is 0.00218. The molecule has 0 radical (unpaired) electrons. The minimum absolute atomic E-state index is 0.00218. The van der Waals surface area contributed by atoms with Crippen LogP contribution in [0, 0.1) is 17.1 Å². The maximum absolute atomic E-state index is 12.8. The van der Waals surface area contributed by atoms with Crippen molar-refractivity contribution in [2.45, 2.75) is 6.42 Å². The third-order valence-electron chi connectivity index (χ3n) is 1.38. The topological polar surface area (TPSA) is 44.0 Å². The van der Waals surface area contributed by atoms with E-state index in [4.69, 9.17) is 10.4 Å². The smallest absolute Gasteiger partial charge is 0.166 e. The number of hydrogen-bond acceptors (Lipinski definition) is 2. The van der Waals surface area contributed by atoms with E-state index in [2.05, 4.69) is 15.9 Å². The molecule has 12 heavy (non-hydrogen) atoms. The van der Waals surface area contributed by atoms with Gasteiger partial charge in [0.05, 0.1) is 12.5 Å². The molecule has 62 valence electrons. The van der Waals surface area contributed by atoms with Crippen molar-refractivity contribution < 1.29 is 9.50 Å². The molecule has 0 aromatic heterocycles. The monoisotopic (exact) mass is 229 g/mol. The molecule has 0 aliphatic carbocycles. The van der Waals surface area contributed by atoms with E-state index >= 15 is 0 Å². The van der Waals surface area contributed by atoms with E-state index in [9.17, 15) is 4.39 Å². The van der Waals surface area contributed by atoms with Gasteiger partial charge in [0.2, 0.25) is 0 Å². The van der Waals surface area contributed by atoms with Crippen molar-refractivity contribution in [2.75, 3.05) is 0 Å². The third kappa shape index (κ3) is 1.74. The lowest BCUT2D eigenvalue weighted by Crippen LogP contribution is -1.86. The Labute approximate surface area is 77.4 Å². The van der Waals surface area contributed by atoms with Crippen LogP contribution in [0.4, 0.5) is 4.39 Å². The zero-order valence-corrected chi connectivity index (χ0v) is 7.60. The summed E-state index contributed by atoms with van der Waals surface area (Å²) in [6.45, 7) is 0. The minimum Gasteiger partial charge on any atom is -0.505 e. The summed E-state index contributed by atoms with van der Waals surface area (Å²) in [5.41, 5.74) is 0.296. The number of hydrogen-bond donors (Lipinski definition) is 1. The third-order valence-corrected chi connectivity index (χ3v) is 1.83. The van der Waals surface area contributed by atoms with Crippen LogP contribution in [-0.2, 0) is 6.42 Å². The van der Waals surface area contributed by atoms with Crippen molar-refractivity contribution in [2.24, 2.45) is 0 Å². The molecule has 0 aliphatic rings. The van der Waals surface area contributed by atoms with E-state index in [1.165, 1.54) is 6.07 Å². The Kier molecular flexibility index (Phi) is 2.66. The lowest BCUT2D eigenvalue weighted by atomic mass is 10.1. The second kappa shape index (κ2) is 3.55. The van der Waals surface area contributed by atoms with Gasteiger partial charge in [-0.15, -0.1) is 0 Å². The van der Waals surface area contributed by atoms with E-state index in [1.54, 1.807) is 0 Å². The lowest BCUT2D eigenvalue weighted by molar-refractivity contribution is 0.427. The Morgan fingerprint density at radius 2 is 2.25 bits per heavy atom. The first-order valence-electron chi connectivity index (χ1n) is 3.19. The van der Waals surface area contributed by atoms with Gasteiger partial charge in [-0.25, -0.2) is 4.39 Å². The fourth-order valence-corrected chi connectivity index (χ4v) is 1.32. The normalized spacial score (nSPS) is 9.42. The number of phenolic OH excluding ortho intramolecular Hbond substituents is 1. The molecule has 4 heteroatoms. The zero-order valence-electron chi connectivity index (χ0n) is 6.01. The Morgan fingerprint density at radius 3 is 2.83 bits per heavy atom. The van der Waals surface area contributed by atoms with Crippen molar-refractivity contribution in [3.8, 4) is 11.8 Å². The minimum atomic E-state index is -0.713. The van der Waals surface area contributed by atoms with Crippen LogP contribution in [0.3, 0.4) is 0 Å². The molecule has 0 bridgehead atoms. The zero-order chi connectivity index (χ0) is 9.14. The number of nitrogens with zero attached hydrogens (tertiary/aromatic N) is 1. The van der Waals surface area contributed by atoms with E-state index in [0.29, 0.717) is 10.0 Å². The number of nitriles is 1. The van der Waals surface area contributed by atoms with Gasteiger partial charge in [-0.3, -0.25) is 0 Å². The van der Waals surface area contributed by atoms with Crippen LogP contribution in [-0.4, -0.2) is 5.11 Å². The van der Waals surface area contributed by atoms with Crippen molar-refractivity contribution >= 4 is 15.9 Å². The van der Waals surface area contributed by atoms with Gasteiger partial charge in [-0.2, -0.15) is 5.26 Å². The van der Waals surface area contributed by atoms with Crippen LogP contribution in [0.25, 0.3) is 0 Å². The Morgan fingerprint density at radius 1 is 1.58 bits per heavy atom. The average molecular weight is 230 g/mol. The first-order chi connectivity index (χ1) is 5.65. The first-order valence-corrected chi connectivity index (χ1v) is 3.98. The SMILES string of the molecule is N#CCc1cc(Br)cc(F)c1O. The summed E-state index contributed by atoms with van der Waals surface area (Å²) in [5.74, 6) is -1.16. The summed E-state index contributed by atoms with van der Waals surface area (Å²) in [4.78, 5) is 0. The molecule has 0 saturated carbocycles. The van der Waals surface area contributed by atoms with Crippen LogP contribution >= 0.6 is 15.9 Å². The molecular weight excluding hydrogens is 225 g/mol. The molecule has 1 N–H and O–H groups in total. The summed E-state index contributed by atoms with van der Waals surface area (Å²) in [5, 5.41) is 17.4. The summed E-state index contributed by atoms with van der Waals surface area (Å²) < 4.78 is 13.3. The highest BCUT2D eigenvalue weighted by molar-refractivity contribution is 9.10. The maximum Gasteiger partial charge on any atom is 0.166 e. The van der Waals surface area contributed by atoms with Crippen molar-refractivity contribution in [1.82, 2.24) is 0 Å². The molecule has 0 fully saturated rings. The largest absolute Gasteiger partial charge is 0.505 e. The van der Waals surface area contributed by atoms with Gasteiger partial charge in [-0.1, -0.05) is 15.9 Å². The van der Waals surface area contributed by atoms with Gasteiger partial charge in [0.1, 0.15) is 0 Å². The van der Waals surface area contributed by atoms with Crippen LogP contribution in [0.5, 0.6) is 5.75 Å². The Balaban J connectivity index is 3.20.